The van der Waals surface area contributed by atoms with Gasteiger partial charge in [-0.2, -0.15) is 13.2 Å². The molecular formula is C10H6ClF3N2O. The molecule has 0 bridgehead atoms. The van der Waals surface area contributed by atoms with Crippen molar-refractivity contribution in [3.05, 3.63) is 35.7 Å². The first-order valence-corrected chi connectivity index (χ1v) is 5.10. The lowest BCUT2D eigenvalue weighted by atomic mass is 10.1. The van der Waals surface area contributed by atoms with Crippen molar-refractivity contribution in [2.45, 2.75) is 12.1 Å². The van der Waals surface area contributed by atoms with Crippen LogP contribution >= 0.6 is 11.6 Å². The summed E-state index contributed by atoms with van der Waals surface area (Å²) in [6, 6.07) is 4.46. The second-order valence-electron chi connectivity index (χ2n) is 3.21. The summed E-state index contributed by atoms with van der Waals surface area (Å²) in [5, 5.41) is 7.28. The summed E-state index contributed by atoms with van der Waals surface area (Å²) in [5.74, 6) is 0.434. The monoisotopic (exact) mass is 262 g/mol. The average molecular weight is 263 g/mol. The van der Waals surface area contributed by atoms with Crippen LogP contribution in [-0.4, -0.2) is 10.2 Å². The molecule has 0 N–H and O–H groups in total. The molecular weight excluding hydrogens is 257 g/mol. The maximum absolute atomic E-state index is 12.3. The Bertz CT molecular complexity index is 507. The van der Waals surface area contributed by atoms with Crippen LogP contribution in [-0.2, 0) is 12.1 Å². The van der Waals surface area contributed by atoms with E-state index >= 15 is 0 Å². The predicted molar refractivity (Wildman–Crippen MR) is 54.3 cm³/mol. The van der Waals surface area contributed by atoms with E-state index in [-0.39, 0.29) is 17.7 Å². The molecule has 0 fully saturated rings. The fourth-order valence-electron chi connectivity index (χ4n) is 1.23. The van der Waals surface area contributed by atoms with Crippen LogP contribution in [0, 0.1) is 0 Å². The van der Waals surface area contributed by atoms with Gasteiger partial charge < -0.3 is 4.42 Å². The quantitative estimate of drug-likeness (QED) is 0.778. The Balaban J connectivity index is 2.29. The molecule has 7 heteroatoms. The standard InChI is InChI=1S/C10H6ClF3N2O/c11-5-8-15-16-9(17-8)6-1-3-7(4-2-6)10(12,13)14/h1-4H,5H2. The second-order valence-corrected chi connectivity index (χ2v) is 3.48. The Hall–Kier alpha value is -1.56. The first-order chi connectivity index (χ1) is 8.00. The summed E-state index contributed by atoms with van der Waals surface area (Å²) in [4.78, 5) is 0. The van der Waals surface area contributed by atoms with E-state index in [1.807, 2.05) is 0 Å². The molecule has 0 saturated heterocycles. The van der Waals surface area contributed by atoms with Gasteiger partial charge in [0.25, 0.3) is 0 Å². The maximum atomic E-state index is 12.3. The molecule has 2 aromatic rings. The van der Waals surface area contributed by atoms with E-state index in [4.69, 9.17) is 16.0 Å². The fourth-order valence-corrected chi connectivity index (χ4v) is 1.33. The second kappa shape index (κ2) is 4.37. The van der Waals surface area contributed by atoms with E-state index in [1.54, 1.807) is 0 Å². The van der Waals surface area contributed by atoms with Crippen molar-refractivity contribution in [2.75, 3.05) is 0 Å². The van der Waals surface area contributed by atoms with Crippen molar-refractivity contribution in [1.82, 2.24) is 10.2 Å². The summed E-state index contributed by atoms with van der Waals surface area (Å²) < 4.78 is 42.0. The van der Waals surface area contributed by atoms with E-state index in [0.717, 1.165) is 12.1 Å². The van der Waals surface area contributed by atoms with E-state index < -0.39 is 11.7 Å². The van der Waals surface area contributed by atoms with Gasteiger partial charge in [0, 0.05) is 5.56 Å². The zero-order chi connectivity index (χ0) is 12.5. The number of hydrogen-bond donors (Lipinski definition) is 0. The van der Waals surface area contributed by atoms with Gasteiger partial charge in [-0.3, -0.25) is 0 Å². The summed E-state index contributed by atoms with van der Waals surface area (Å²) >= 11 is 5.47. The van der Waals surface area contributed by atoms with Crippen molar-refractivity contribution in [3.63, 3.8) is 0 Å². The molecule has 1 heterocycles. The third kappa shape index (κ3) is 2.58. The largest absolute Gasteiger partial charge is 0.419 e. The number of benzene rings is 1. The highest BCUT2D eigenvalue weighted by Crippen LogP contribution is 2.30. The van der Waals surface area contributed by atoms with E-state index in [9.17, 15) is 13.2 Å². The van der Waals surface area contributed by atoms with Crippen molar-refractivity contribution < 1.29 is 17.6 Å². The molecule has 2 rings (SSSR count). The number of rotatable bonds is 2. The lowest BCUT2D eigenvalue weighted by Crippen LogP contribution is -2.03. The zero-order valence-electron chi connectivity index (χ0n) is 8.33. The zero-order valence-corrected chi connectivity index (χ0v) is 9.09. The summed E-state index contributed by atoms with van der Waals surface area (Å²) in [6.45, 7) is 0. The van der Waals surface area contributed by atoms with E-state index in [1.165, 1.54) is 12.1 Å². The van der Waals surface area contributed by atoms with Crippen LogP contribution in [0.15, 0.2) is 28.7 Å². The maximum Gasteiger partial charge on any atom is 0.416 e. The first kappa shape index (κ1) is 11.9. The van der Waals surface area contributed by atoms with Gasteiger partial charge in [-0.25, -0.2) is 0 Å². The fraction of sp³-hybridized carbons (Fsp3) is 0.200. The molecule has 90 valence electrons. The molecule has 0 aliphatic rings. The highest BCUT2D eigenvalue weighted by molar-refractivity contribution is 6.16. The van der Waals surface area contributed by atoms with Crippen LogP contribution in [0.3, 0.4) is 0 Å². The third-order valence-electron chi connectivity index (χ3n) is 2.04. The molecule has 3 nitrogen and oxygen atoms in total. The number of halogens is 4. The number of hydrogen-bond acceptors (Lipinski definition) is 3. The van der Waals surface area contributed by atoms with Crippen LogP contribution in [0.1, 0.15) is 11.5 Å². The van der Waals surface area contributed by atoms with Gasteiger partial charge >= 0.3 is 6.18 Å². The van der Waals surface area contributed by atoms with Crippen molar-refractivity contribution in [3.8, 4) is 11.5 Å². The number of alkyl halides is 4. The molecule has 0 saturated carbocycles. The lowest BCUT2D eigenvalue weighted by molar-refractivity contribution is -0.137. The number of aromatic nitrogens is 2. The Morgan fingerprint density at radius 3 is 2.24 bits per heavy atom. The Morgan fingerprint density at radius 1 is 1.12 bits per heavy atom. The highest BCUT2D eigenvalue weighted by Gasteiger charge is 2.30. The van der Waals surface area contributed by atoms with Gasteiger partial charge in [0.1, 0.15) is 5.88 Å². The van der Waals surface area contributed by atoms with Crippen LogP contribution in [0.4, 0.5) is 13.2 Å². The van der Waals surface area contributed by atoms with Crippen LogP contribution in [0.25, 0.3) is 11.5 Å². The molecule has 17 heavy (non-hydrogen) atoms. The molecule has 0 atom stereocenters. The molecule has 0 spiro atoms. The van der Waals surface area contributed by atoms with Crippen molar-refractivity contribution >= 4 is 11.6 Å². The first-order valence-electron chi connectivity index (χ1n) is 4.56. The van der Waals surface area contributed by atoms with Crippen molar-refractivity contribution in [2.24, 2.45) is 0 Å². The lowest BCUT2D eigenvalue weighted by Gasteiger charge is -2.05. The van der Waals surface area contributed by atoms with Crippen LogP contribution < -0.4 is 0 Å². The van der Waals surface area contributed by atoms with Gasteiger partial charge in [-0.15, -0.1) is 21.8 Å². The molecule has 0 aliphatic heterocycles. The Kier molecular flexibility index (Phi) is 3.06. The predicted octanol–water partition coefficient (Wildman–Crippen LogP) is 3.49. The van der Waals surface area contributed by atoms with Crippen LogP contribution in [0.2, 0.25) is 0 Å². The summed E-state index contributed by atoms with van der Waals surface area (Å²) in [6.07, 6.45) is -4.35. The molecule has 0 aliphatic carbocycles. The summed E-state index contributed by atoms with van der Waals surface area (Å²) in [5.41, 5.74) is -0.305. The highest BCUT2D eigenvalue weighted by atomic mass is 35.5. The normalized spacial score (nSPS) is 11.8. The molecule has 0 radical (unpaired) electrons. The molecule has 1 aromatic carbocycles. The van der Waals surface area contributed by atoms with Gasteiger partial charge in [0.2, 0.25) is 11.8 Å². The molecule has 0 amide bonds. The Labute approximate surface area is 99.2 Å². The van der Waals surface area contributed by atoms with E-state index in [2.05, 4.69) is 10.2 Å². The smallest absolute Gasteiger partial charge is 0.416 e. The minimum Gasteiger partial charge on any atom is -0.419 e. The van der Waals surface area contributed by atoms with Gasteiger partial charge in [0.05, 0.1) is 5.56 Å². The minimum absolute atomic E-state index is 0.0631. The summed E-state index contributed by atoms with van der Waals surface area (Å²) in [7, 11) is 0. The van der Waals surface area contributed by atoms with Gasteiger partial charge in [0.15, 0.2) is 0 Å². The molecule has 0 unspecified atom stereocenters. The van der Waals surface area contributed by atoms with Gasteiger partial charge in [-0.05, 0) is 24.3 Å². The topological polar surface area (TPSA) is 38.9 Å². The van der Waals surface area contributed by atoms with Crippen LogP contribution in [0.5, 0.6) is 0 Å². The Morgan fingerprint density at radius 2 is 1.76 bits per heavy atom. The molecule has 1 aromatic heterocycles. The van der Waals surface area contributed by atoms with E-state index in [0.29, 0.717) is 5.56 Å². The third-order valence-corrected chi connectivity index (χ3v) is 2.27. The minimum atomic E-state index is -4.35. The van der Waals surface area contributed by atoms with Gasteiger partial charge in [-0.1, -0.05) is 0 Å². The van der Waals surface area contributed by atoms with Crippen molar-refractivity contribution in [1.29, 1.82) is 0 Å². The average Bonchev–Trinajstić information content (AvgIpc) is 2.76. The number of nitrogens with zero attached hydrogens (tertiary/aromatic N) is 2. The SMILES string of the molecule is FC(F)(F)c1ccc(-c2nnc(CCl)o2)cc1.